The lowest BCUT2D eigenvalue weighted by molar-refractivity contribution is -0.157. The van der Waals surface area contributed by atoms with Crippen molar-refractivity contribution >= 4 is 5.97 Å². The summed E-state index contributed by atoms with van der Waals surface area (Å²) in [6.45, 7) is 3.66. The van der Waals surface area contributed by atoms with Gasteiger partial charge >= 0.3 is 5.97 Å². The first kappa shape index (κ1) is 9.60. The molecular weight excluding hydrogens is 194 g/mol. The highest BCUT2D eigenvalue weighted by atomic mass is 16.5. The lowest BCUT2D eigenvalue weighted by atomic mass is 9.72. The summed E-state index contributed by atoms with van der Waals surface area (Å²) in [6.07, 6.45) is 3.90. The normalized spacial score (nSPS) is 32.3. The molecule has 2 aliphatic heterocycles. The monoisotopic (exact) mass is 211 g/mol. The lowest BCUT2D eigenvalue weighted by Gasteiger charge is -2.54. The van der Waals surface area contributed by atoms with E-state index in [2.05, 4.69) is 4.90 Å². The molecule has 84 valence electrons. The van der Waals surface area contributed by atoms with E-state index in [-0.39, 0.29) is 0 Å². The van der Waals surface area contributed by atoms with E-state index in [0.717, 1.165) is 52.0 Å². The van der Waals surface area contributed by atoms with E-state index in [1.54, 1.807) is 0 Å². The van der Waals surface area contributed by atoms with Crippen LogP contribution >= 0.6 is 0 Å². The number of ether oxygens (including phenoxy) is 1. The number of carboxylic acid groups (broad SMARTS) is 1. The third-order valence-electron chi connectivity index (χ3n) is 4.33. The molecule has 0 aromatic heterocycles. The maximum Gasteiger partial charge on any atom is 0.324 e. The van der Waals surface area contributed by atoms with E-state index < -0.39 is 11.5 Å². The van der Waals surface area contributed by atoms with Crippen molar-refractivity contribution in [2.45, 2.75) is 31.2 Å². The van der Waals surface area contributed by atoms with Crippen LogP contribution in [0.2, 0.25) is 0 Å². The van der Waals surface area contributed by atoms with Crippen LogP contribution in [0.1, 0.15) is 25.7 Å². The molecule has 15 heavy (non-hydrogen) atoms. The van der Waals surface area contributed by atoms with E-state index >= 15 is 0 Å². The maximum atomic E-state index is 11.1. The van der Waals surface area contributed by atoms with Gasteiger partial charge in [0.1, 0.15) is 5.54 Å². The SMILES string of the molecule is O=C(O)C1(N2CC3(CCOCC3)C2)CC1. The Kier molecular flexibility index (Phi) is 1.89. The number of rotatable bonds is 2. The molecule has 3 aliphatic rings. The van der Waals surface area contributed by atoms with Crippen molar-refractivity contribution in [2.75, 3.05) is 26.3 Å². The van der Waals surface area contributed by atoms with Gasteiger partial charge in [-0.1, -0.05) is 0 Å². The highest BCUT2D eigenvalue weighted by Gasteiger charge is 2.61. The molecular formula is C11H17NO3. The number of aliphatic carboxylic acids is 1. The molecule has 3 fully saturated rings. The van der Waals surface area contributed by atoms with Gasteiger partial charge in [-0.2, -0.15) is 0 Å². The Morgan fingerprint density at radius 2 is 1.73 bits per heavy atom. The van der Waals surface area contributed by atoms with Crippen molar-refractivity contribution in [3.63, 3.8) is 0 Å². The predicted molar refractivity (Wildman–Crippen MR) is 53.7 cm³/mol. The number of nitrogens with zero attached hydrogens (tertiary/aromatic N) is 1. The van der Waals surface area contributed by atoms with Gasteiger partial charge in [0.25, 0.3) is 0 Å². The van der Waals surface area contributed by atoms with Crippen LogP contribution < -0.4 is 0 Å². The first-order valence-electron chi connectivity index (χ1n) is 5.73. The Morgan fingerprint density at radius 3 is 2.20 bits per heavy atom. The van der Waals surface area contributed by atoms with Gasteiger partial charge in [0.05, 0.1) is 0 Å². The van der Waals surface area contributed by atoms with Crippen LogP contribution in [0.4, 0.5) is 0 Å². The molecule has 2 saturated heterocycles. The van der Waals surface area contributed by atoms with Crippen LogP contribution in [0.15, 0.2) is 0 Å². The first-order valence-corrected chi connectivity index (χ1v) is 5.73. The van der Waals surface area contributed by atoms with Crippen molar-refractivity contribution in [1.82, 2.24) is 4.90 Å². The van der Waals surface area contributed by atoms with Crippen LogP contribution in [-0.2, 0) is 9.53 Å². The molecule has 2 heterocycles. The minimum atomic E-state index is -0.621. The van der Waals surface area contributed by atoms with Gasteiger partial charge in [0.2, 0.25) is 0 Å². The fraction of sp³-hybridized carbons (Fsp3) is 0.909. The average molecular weight is 211 g/mol. The molecule has 1 aliphatic carbocycles. The summed E-state index contributed by atoms with van der Waals surface area (Å²) in [5, 5.41) is 9.16. The van der Waals surface area contributed by atoms with Gasteiger partial charge in [-0.25, -0.2) is 0 Å². The van der Waals surface area contributed by atoms with Gasteiger partial charge < -0.3 is 9.84 Å². The van der Waals surface area contributed by atoms with E-state index in [1.165, 1.54) is 0 Å². The van der Waals surface area contributed by atoms with Crippen LogP contribution in [-0.4, -0.2) is 47.8 Å². The molecule has 0 bridgehead atoms. The summed E-state index contributed by atoms with van der Waals surface area (Å²) in [7, 11) is 0. The molecule has 1 saturated carbocycles. The molecule has 0 aromatic rings. The average Bonchev–Trinajstić information content (AvgIpc) is 2.96. The summed E-state index contributed by atoms with van der Waals surface area (Å²) in [4.78, 5) is 13.3. The van der Waals surface area contributed by atoms with E-state index in [0.29, 0.717) is 5.41 Å². The Bertz CT molecular complexity index is 284. The van der Waals surface area contributed by atoms with Crippen molar-refractivity contribution < 1.29 is 14.6 Å². The van der Waals surface area contributed by atoms with Crippen molar-refractivity contribution in [1.29, 1.82) is 0 Å². The highest BCUT2D eigenvalue weighted by molar-refractivity contribution is 5.82. The Hall–Kier alpha value is -0.610. The van der Waals surface area contributed by atoms with Crippen molar-refractivity contribution in [3.8, 4) is 0 Å². The standard InChI is InChI=1S/C11H17NO3/c13-9(14)11(1-2-11)12-7-10(8-12)3-5-15-6-4-10/h1-8H2,(H,13,14). The van der Waals surface area contributed by atoms with E-state index in [1.807, 2.05) is 0 Å². The minimum absolute atomic E-state index is 0.392. The Labute approximate surface area is 89.2 Å². The highest BCUT2D eigenvalue weighted by Crippen LogP contribution is 2.51. The van der Waals surface area contributed by atoms with Crippen LogP contribution in [0.5, 0.6) is 0 Å². The zero-order valence-electron chi connectivity index (χ0n) is 8.87. The molecule has 0 unspecified atom stereocenters. The zero-order valence-corrected chi connectivity index (χ0v) is 8.87. The molecule has 1 spiro atoms. The Morgan fingerprint density at radius 1 is 1.13 bits per heavy atom. The number of carbonyl (C=O) groups is 1. The molecule has 3 rings (SSSR count). The van der Waals surface area contributed by atoms with Gasteiger partial charge in [-0.05, 0) is 25.7 Å². The summed E-state index contributed by atoms with van der Waals surface area (Å²) in [5.74, 6) is -0.621. The molecule has 4 heteroatoms. The minimum Gasteiger partial charge on any atom is -0.480 e. The second kappa shape index (κ2) is 2.95. The quantitative estimate of drug-likeness (QED) is 0.731. The van der Waals surface area contributed by atoms with E-state index in [4.69, 9.17) is 9.84 Å². The summed E-state index contributed by atoms with van der Waals surface area (Å²) >= 11 is 0. The summed E-state index contributed by atoms with van der Waals surface area (Å²) < 4.78 is 5.35. The third kappa shape index (κ3) is 1.31. The maximum absolute atomic E-state index is 11.1. The molecule has 0 amide bonds. The lowest BCUT2D eigenvalue weighted by Crippen LogP contribution is -2.64. The summed E-state index contributed by atoms with van der Waals surface area (Å²) in [5.41, 5.74) is -0.0765. The van der Waals surface area contributed by atoms with Crippen molar-refractivity contribution in [2.24, 2.45) is 5.41 Å². The molecule has 4 nitrogen and oxygen atoms in total. The molecule has 0 atom stereocenters. The van der Waals surface area contributed by atoms with Gasteiger partial charge in [0.15, 0.2) is 0 Å². The van der Waals surface area contributed by atoms with Gasteiger partial charge in [0, 0.05) is 31.7 Å². The molecule has 0 aromatic carbocycles. The van der Waals surface area contributed by atoms with Gasteiger partial charge in [-0.3, -0.25) is 9.69 Å². The molecule has 0 radical (unpaired) electrons. The molecule has 1 N–H and O–H groups in total. The van der Waals surface area contributed by atoms with E-state index in [9.17, 15) is 4.79 Å². The largest absolute Gasteiger partial charge is 0.480 e. The number of hydrogen-bond donors (Lipinski definition) is 1. The first-order chi connectivity index (χ1) is 7.17. The fourth-order valence-corrected chi connectivity index (χ4v) is 2.97. The Balaban J connectivity index is 1.63. The number of carboxylic acids is 1. The third-order valence-corrected chi connectivity index (χ3v) is 4.33. The predicted octanol–water partition coefficient (Wildman–Crippen LogP) is 0.716. The van der Waals surface area contributed by atoms with Crippen LogP contribution in [0.3, 0.4) is 0 Å². The summed E-state index contributed by atoms with van der Waals surface area (Å²) in [6, 6.07) is 0. The second-order valence-corrected chi connectivity index (χ2v) is 5.31. The van der Waals surface area contributed by atoms with Gasteiger partial charge in [-0.15, -0.1) is 0 Å². The fourth-order valence-electron chi connectivity index (χ4n) is 2.97. The second-order valence-electron chi connectivity index (χ2n) is 5.31. The van der Waals surface area contributed by atoms with Crippen molar-refractivity contribution in [3.05, 3.63) is 0 Å². The zero-order chi connectivity index (χ0) is 10.5. The van der Waals surface area contributed by atoms with Crippen LogP contribution in [0, 0.1) is 5.41 Å². The topological polar surface area (TPSA) is 49.8 Å². The number of likely N-dealkylation sites (tertiary alicyclic amines) is 1. The smallest absolute Gasteiger partial charge is 0.324 e. The number of hydrogen-bond acceptors (Lipinski definition) is 3. The van der Waals surface area contributed by atoms with Crippen LogP contribution in [0.25, 0.3) is 0 Å².